The van der Waals surface area contributed by atoms with E-state index in [2.05, 4.69) is 4.98 Å². The molecular weight excluding hydrogens is 392 g/mol. The Kier molecular flexibility index (Phi) is 6.04. The Balaban J connectivity index is 1.98. The second-order valence-corrected chi connectivity index (χ2v) is 7.74. The summed E-state index contributed by atoms with van der Waals surface area (Å²) in [4.78, 5) is 20.9. The fourth-order valence-electron chi connectivity index (χ4n) is 2.66. The molecule has 8 heteroatoms. The molecule has 0 saturated heterocycles. The van der Waals surface area contributed by atoms with Gasteiger partial charge in [0, 0.05) is 12.6 Å². The lowest BCUT2D eigenvalue weighted by Gasteiger charge is -2.21. The van der Waals surface area contributed by atoms with E-state index < -0.39 is 17.5 Å². The molecule has 4 nitrogen and oxygen atoms in total. The highest BCUT2D eigenvalue weighted by Crippen LogP contribution is 2.33. The summed E-state index contributed by atoms with van der Waals surface area (Å²) < 4.78 is 28.2. The number of anilines is 1. The van der Waals surface area contributed by atoms with Crippen LogP contribution in [0.4, 0.5) is 13.9 Å². The van der Waals surface area contributed by atoms with Gasteiger partial charge in [0.2, 0.25) is 0 Å². The number of amides is 1. The molecule has 0 spiro atoms. The lowest BCUT2D eigenvalue weighted by atomic mass is 10.2. The second-order valence-electron chi connectivity index (χ2n) is 6.32. The number of carbonyl (C=O) groups is 1. The van der Waals surface area contributed by atoms with Crippen LogP contribution in [-0.4, -0.2) is 43.0 Å². The van der Waals surface area contributed by atoms with Gasteiger partial charge in [-0.2, -0.15) is 0 Å². The molecule has 1 aromatic heterocycles. The van der Waals surface area contributed by atoms with Crippen LogP contribution in [0.1, 0.15) is 16.8 Å². The molecule has 0 atom stereocenters. The lowest BCUT2D eigenvalue weighted by molar-refractivity contribution is 0.0982. The predicted octanol–water partition coefficient (Wildman–Crippen LogP) is 4.83. The fraction of sp³-hybridized carbons (Fsp3) is 0.263. The van der Waals surface area contributed by atoms with Gasteiger partial charge in [0.05, 0.1) is 15.3 Å². The van der Waals surface area contributed by atoms with Gasteiger partial charge in [0.15, 0.2) is 5.13 Å². The van der Waals surface area contributed by atoms with Crippen molar-refractivity contribution >= 4 is 44.2 Å². The molecule has 0 bridgehead atoms. The number of halogens is 3. The quantitative estimate of drug-likeness (QED) is 0.585. The molecule has 0 radical (unpaired) electrons. The van der Waals surface area contributed by atoms with Crippen LogP contribution in [0.3, 0.4) is 0 Å². The second kappa shape index (κ2) is 8.29. The Morgan fingerprint density at radius 1 is 1.19 bits per heavy atom. The molecule has 0 aliphatic carbocycles. The average Bonchev–Trinajstić information content (AvgIpc) is 3.03. The molecule has 3 rings (SSSR count). The minimum Gasteiger partial charge on any atom is -0.309 e. The summed E-state index contributed by atoms with van der Waals surface area (Å²) in [7, 11) is 3.87. The monoisotopic (exact) mass is 409 g/mol. The summed E-state index contributed by atoms with van der Waals surface area (Å²) in [5, 5.41) is 0.925. The number of benzene rings is 2. The highest BCUT2D eigenvalue weighted by atomic mass is 35.5. The third-order valence-electron chi connectivity index (χ3n) is 3.98. The first kappa shape index (κ1) is 19.7. The average molecular weight is 410 g/mol. The fourth-order valence-corrected chi connectivity index (χ4v) is 3.95. The Bertz CT molecular complexity index is 977. The van der Waals surface area contributed by atoms with E-state index >= 15 is 0 Å². The number of hydrogen-bond donors (Lipinski definition) is 0. The maximum atomic E-state index is 14.2. The predicted molar refractivity (Wildman–Crippen MR) is 106 cm³/mol. The van der Waals surface area contributed by atoms with Gasteiger partial charge in [-0.15, -0.1) is 0 Å². The summed E-state index contributed by atoms with van der Waals surface area (Å²) in [6.45, 7) is 1.10. The number of carbonyl (C=O) groups excluding carboxylic acids is 1. The first-order valence-electron chi connectivity index (χ1n) is 8.33. The van der Waals surface area contributed by atoms with Crippen LogP contribution in [0, 0.1) is 11.6 Å². The van der Waals surface area contributed by atoms with Crippen molar-refractivity contribution in [3.05, 3.63) is 58.6 Å². The van der Waals surface area contributed by atoms with Crippen molar-refractivity contribution in [1.82, 2.24) is 9.88 Å². The zero-order chi connectivity index (χ0) is 19.6. The molecule has 0 fully saturated rings. The smallest absolute Gasteiger partial charge is 0.263 e. The van der Waals surface area contributed by atoms with Crippen molar-refractivity contribution < 1.29 is 13.6 Å². The van der Waals surface area contributed by atoms with Gasteiger partial charge in [0.1, 0.15) is 17.2 Å². The minimum atomic E-state index is -0.892. The summed E-state index contributed by atoms with van der Waals surface area (Å²) in [5.74, 6) is -2.17. The Hall–Kier alpha value is -2.09. The van der Waals surface area contributed by atoms with E-state index in [1.54, 1.807) is 6.07 Å². The van der Waals surface area contributed by atoms with E-state index in [0.717, 1.165) is 23.4 Å². The number of aromatic nitrogens is 1. The van der Waals surface area contributed by atoms with Gasteiger partial charge >= 0.3 is 0 Å². The molecule has 2 aromatic carbocycles. The topological polar surface area (TPSA) is 36.4 Å². The van der Waals surface area contributed by atoms with Crippen LogP contribution >= 0.6 is 22.9 Å². The molecule has 0 unspecified atom stereocenters. The van der Waals surface area contributed by atoms with E-state index in [0.29, 0.717) is 34.7 Å². The summed E-state index contributed by atoms with van der Waals surface area (Å²) >= 11 is 7.50. The van der Waals surface area contributed by atoms with Crippen molar-refractivity contribution in [3.8, 4) is 0 Å². The van der Waals surface area contributed by atoms with E-state index in [1.807, 2.05) is 31.1 Å². The van der Waals surface area contributed by atoms with Crippen molar-refractivity contribution in [1.29, 1.82) is 0 Å². The third kappa shape index (κ3) is 4.43. The van der Waals surface area contributed by atoms with Crippen LogP contribution in [-0.2, 0) is 0 Å². The number of para-hydroxylation sites is 1. The molecular formula is C19H18ClF2N3OS. The highest BCUT2D eigenvalue weighted by Gasteiger charge is 2.24. The highest BCUT2D eigenvalue weighted by molar-refractivity contribution is 7.22. The number of thiazole rings is 1. The van der Waals surface area contributed by atoms with E-state index in [4.69, 9.17) is 11.6 Å². The minimum absolute atomic E-state index is 0.188. The van der Waals surface area contributed by atoms with Crippen molar-refractivity contribution in [2.45, 2.75) is 6.42 Å². The van der Waals surface area contributed by atoms with Crippen LogP contribution in [0.5, 0.6) is 0 Å². The van der Waals surface area contributed by atoms with Gasteiger partial charge < -0.3 is 4.90 Å². The molecule has 0 N–H and O–H groups in total. The number of fused-ring (bicyclic) bond motifs is 1. The lowest BCUT2D eigenvalue weighted by Crippen LogP contribution is -2.34. The number of hydrogen-bond acceptors (Lipinski definition) is 4. The van der Waals surface area contributed by atoms with E-state index in [9.17, 15) is 13.6 Å². The maximum absolute atomic E-state index is 14.2. The summed E-state index contributed by atoms with van der Waals surface area (Å²) in [5.41, 5.74) is 0.413. The zero-order valence-corrected chi connectivity index (χ0v) is 16.4. The van der Waals surface area contributed by atoms with Crippen LogP contribution in [0.25, 0.3) is 10.2 Å². The molecule has 1 amide bonds. The van der Waals surface area contributed by atoms with Gasteiger partial charge in [-0.3, -0.25) is 9.69 Å². The van der Waals surface area contributed by atoms with Crippen molar-refractivity contribution in [2.75, 3.05) is 32.1 Å². The van der Waals surface area contributed by atoms with Crippen LogP contribution in [0.15, 0.2) is 36.4 Å². The first-order chi connectivity index (χ1) is 12.9. The van der Waals surface area contributed by atoms with Crippen molar-refractivity contribution in [2.24, 2.45) is 0 Å². The molecule has 0 aliphatic heterocycles. The zero-order valence-electron chi connectivity index (χ0n) is 14.9. The van der Waals surface area contributed by atoms with E-state index in [-0.39, 0.29) is 5.56 Å². The standard InChI is InChI=1S/C19H18ClF2N3OS/c1-24(2)9-4-10-25(18(26)13-8-7-12(21)11-15(13)22)19-23-17-14(20)5-3-6-16(17)27-19/h3,5-8,11H,4,9-10H2,1-2H3. The maximum Gasteiger partial charge on any atom is 0.263 e. The van der Waals surface area contributed by atoms with Crippen LogP contribution < -0.4 is 4.90 Å². The first-order valence-corrected chi connectivity index (χ1v) is 9.53. The number of nitrogens with zero attached hydrogens (tertiary/aromatic N) is 3. The van der Waals surface area contributed by atoms with Gasteiger partial charge in [-0.25, -0.2) is 13.8 Å². The van der Waals surface area contributed by atoms with Crippen molar-refractivity contribution in [3.63, 3.8) is 0 Å². The third-order valence-corrected chi connectivity index (χ3v) is 5.33. The Labute approximate surface area is 165 Å². The van der Waals surface area contributed by atoms with Gasteiger partial charge in [-0.05, 0) is 51.3 Å². The van der Waals surface area contributed by atoms with E-state index in [1.165, 1.54) is 16.2 Å². The Morgan fingerprint density at radius 2 is 1.96 bits per heavy atom. The number of rotatable bonds is 6. The summed E-state index contributed by atoms with van der Waals surface area (Å²) in [6, 6.07) is 8.34. The largest absolute Gasteiger partial charge is 0.309 e. The van der Waals surface area contributed by atoms with Gasteiger partial charge in [-0.1, -0.05) is 29.0 Å². The van der Waals surface area contributed by atoms with Gasteiger partial charge in [0.25, 0.3) is 5.91 Å². The molecule has 3 aromatic rings. The Morgan fingerprint density at radius 3 is 2.63 bits per heavy atom. The van der Waals surface area contributed by atoms with Crippen LogP contribution in [0.2, 0.25) is 5.02 Å². The molecule has 0 aliphatic rings. The SMILES string of the molecule is CN(C)CCCN(C(=O)c1ccc(F)cc1F)c1nc2c(Cl)cccc2s1. The molecule has 1 heterocycles. The molecule has 0 saturated carbocycles. The summed E-state index contributed by atoms with van der Waals surface area (Å²) in [6.07, 6.45) is 0.672. The normalized spacial score (nSPS) is 11.3. The molecule has 27 heavy (non-hydrogen) atoms. The molecule has 142 valence electrons.